The van der Waals surface area contributed by atoms with Crippen LogP contribution < -0.4 is 5.32 Å². The summed E-state index contributed by atoms with van der Waals surface area (Å²) in [6.45, 7) is 2.14. The van der Waals surface area contributed by atoms with Gasteiger partial charge in [-0.2, -0.15) is 0 Å². The average molecular weight is 260 g/mol. The Kier molecular flexibility index (Phi) is 2.20. The molecule has 2 heterocycles. The summed E-state index contributed by atoms with van der Waals surface area (Å²) in [6, 6.07) is 1.07. The van der Waals surface area contributed by atoms with Gasteiger partial charge in [-0.15, -0.1) is 0 Å². The van der Waals surface area contributed by atoms with Crippen molar-refractivity contribution in [1.29, 1.82) is 0 Å². The zero-order valence-corrected chi connectivity index (χ0v) is 11.6. The van der Waals surface area contributed by atoms with E-state index in [1.807, 2.05) is 0 Å². The van der Waals surface area contributed by atoms with E-state index in [-0.39, 0.29) is 0 Å². The van der Waals surface area contributed by atoms with Crippen LogP contribution in [0.2, 0.25) is 0 Å². The molecule has 6 atom stereocenters. The predicted molar refractivity (Wildman–Crippen MR) is 72.4 cm³/mol. The number of amides is 1. The molecular formula is C16H24N2O. The van der Waals surface area contributed by atoms with Crippen LogP contribution in [-0.4, -0.2) is 36.0 Å². The van der Waals surface area contributed by atoms with E-state index in [0.717, 1.165) is 36.8 Å². The molecule has 5 fully saturated rings. The molecule has 3 saturated carbocycles. The number of nitrogens with zero attached hydrogens (tertiary/aromatic N) is 1. The first-order valence-corrected chi connectivity index (χ1v) is 8.37. The topological polar surface area (TPSA) is 32.3 Å². The van der Waals surface area contributed by atoms with Crippen molar-refractivity contribution < 1.29 is 4.79 Å². The molecular weight excluding hydrogens is 236 g/mol. The molecule has 1 N–H and O–H groups in total. The van der Waals surface area contributed by atoms with Gasteiger partial charge in [-0.3, -0.25) is 4.79 Å². The Balaban J connectivity index is 1.38. The lowest BCUT2D eigenvalue weighted by molar-refractivity contribution is -0.136. The Hall–Kier alpha value is -0.570. The van der Waals surface area contributed by atoms with E-state index in [4.69, 9.17) is 0 Å². The van der Waals surface area contributed by atoms with Crippen molar-refractivity contribution in [3.63, 3.8) is 0 Å². The number of hydrogen-bond donors (Lipinski definition) is 1. The van der Waals surface area contributed by atoms with Gasteiger partial charge in [0, 0.05) is 24.5 Å². The molecule has 3 nitrogen and oxygen atoms in total. The molecule has 104 valence electrons. The average Bonchev–Trinajstić information content (AvgIpc) is 2.68. The maximum Gasteiger partial charge on any atom is 0.226 e. The van der Waals surface area contributed by atoms with Crippen molar-refractivity contribution in [3.05, 3.63) is 0 Å². The van der Waals surface area contributed by atoms with Crippen molar-refractivity contribution in [2.75, 3.05) is 13.1 Å². The number of rotatable bonds is 1. The van der Waals surface area contributed by atoms with E-state index in [9.17, 15) is 4.79 Å². The van der Waals surface area contributed by atoms with Crippen molar-refractivity contribution in [2.45, 2.75) is 50.6 Å². The standard InChI is InChI=1S/C16H24N2O/c19-16(15-13-9-1-2-10(7-9)14(13)15)18-11-3-4-12(18)8-17-6-5-11/h9-15,17H,1-8H2. The summed E-state index contributed by atoms with van der Waals surface area (Å²) in [5.74, 6) is 4.47. The Bertz CT molecular complexity index is 393. The van der Waals surface area contributed by atoms with Gasteiger partial charge in [-0.05, 0) is 68.7 Å². The summed E-state index contributed by atoms with van der Waals surface area (Å²) in [6.07, 6.45) is 7.96. The highest BCUT2D eigenvalue weighted by Gasteiger charge is 2.68. The molecule has 3 aliphatic carbocycles. The quantitative estimate of drug-likeness (QED) is 0.777. The second-order valence-electron chi connectivity index (χ2n) is 7.64. The Morgan fingerprint density at radius 1 is 0.947 bits per heavy atom. The normalized spacial score (nSPS) is 54.1. The summed E-state index contributed by atoms with van der Waals surface area (Å²) < 4.78 is 0. The fraction of sp³-hybridized carbons (Fsp3) is 0.938. The summed E-state index contributed by atoms with van der Waals surface area (Å²) in [7, 11) is 0. The van der Waals surface area contributed by atoms with Crippen LogP contribution in [0.5, 0.6) is 0 Å². The van der Waals surface area contributed by atoms with Gasteiger partial charge in [-0.25, -0.2) is 0 Å². The zero-order chi connectivity index (χ0) is 12.6. The van der Waals surface area contributed by atoms with Gasteiger partial charge in [0.15, 0.2) is 0 Å². The van der Waals surface area contributed by atoms with E-state index in [2.05, 4.69) is 10.2 Å². The number of carbonyl (C=O) groups is 1. The molecule has 19 heavy (non-hydrogen) atoms. The molecule has 1 amide bonds. The lowest BCUT2D eigenvalue weighted by atomic mass is 10.0. The number of fused-ring (bicyclic) bond motifs is 7. The van der Waals surface area contributed by atoms with Crippen molar-refractivity contribution in [2.24, 2.45) is 29.6 Å². The lowest BCUT2D eigenvalue weighted by Crippen LogP contribution is -2.44. The molecule has 0 aromatic rings. The molecule has 2 aliphatic heterocycles. The van der Waals surface area contributed by atoms with Crippen LogP contribution in [0.4, 0.5) is 0 Å². The van der Waals surface area contributed by atoms with Gasteiger partial charge in [-0.1, -0.05) is 0 Å². The maximum absolute atomic E-state index is 13.0. The molecule has 5 aliphatic rings. The molecule has 0 aromatic heterocycles. The van der Waals surface area contributed by atoms with Crippen LogP contribution in [0.15, 0.2) is 0 Å². The molecule has 6 unspecified atom stereocenters. The van der Waals surface area contributed by atoms with Crippen molar-refractivity contribution >= 4 is 5.91 Å². The van der Waals surface area contributed by atoms with E-state index < -0.39 is 0 Å². The van der Waals surface area contributed by atoms with Crippen LogP contribution >= 0.6 is 0 Å². The van der Waals surface area contributed by atoms with Crippen LogP contribution in [0, 0.1) is 29.6 Å². The Morgan fingerprint density at radius 2 is 1.68 bits per heavy atom. The molecule has 0 spiro atoms. The van der Waals surface area contributed by atoms with Gasteiger partial charge in [0.1, 0.15) is 0 Å². The fourth-order valence-corrected chi connectivity index (χ4v) is 6.17. The summed E-state index contributed by atoms with van der Waals surface area (Å²) in [5.41, 5.74) is 0. The fourth-order valence-electron chi connectivity index (χ4n) is 6.17. The SMILES string of the molecule is O=C(C1C2C3CCC(C3)C12)N1C2CCNCC1CC2. The highest BCUT2D eigenvalue weighted by atomic mass is 16.2. The summed E-state index contributed by atoms with van der Waals surface area (Å²) in [5, 5.41) is 3.51. The minimum atomic E-state index is 0.451. The van der Waals surface area contributed by atoms with Crippen molar-refractivity contribution in [3.8, 4) is 0 Å². The number of hydrogen-bond acceptors (Lipinski definition) is 2. The van der Waals surface area contributed by atoms with E-state index in [1.165, 1.54) is 38.5 Å². The minimum absolute atomic E-state index is 0.451. The largest absolute Gasteiger partial charge is 0.335 e. The number of carbonyl (C=O) groups excluding carboxylic acids is 1. The highest BCUT2D eigenvalue weighted by Crippen LogP contribution is 2.69. The van der Waals surface area contributed by atoms with E-state index in [1.54, 1.807) is 0 Å². The van der Waals surface area contributed by atoms with Gasteiger partial charge < -0.3 is 10.2 Å². The lowest BCUT2D eigenvalue weighted by Gasteiger charge is -2.29. The van der Waals surface area contributed by atoms with E-state index in [0.29, 0.717) is 23.9 Å². The Morgan fingerprint density at radius 3 is 2.47 bits per heavy atom. The molecule has 0 radical (unpaired) electrons. The van der Waals surface area contributed by atoms with Crippen LogP contribution in [-0.2, 0) is 4.79 Å². The highest BCUT2D eigenvalue weighted by molar-refractivity contribution is 5.84. The first-order chi connectivity index (χ1) is 9.34. The van der Waals surface area contributed by atoms with Gasteiger partial charge in [0.05, 0.1) is 0 Å². The predicted octanol–water partition coefficient (Wildman–Crippen LogP) is 1.63. The first kappa shape index (κ1) is 11.1. The molecule has 3 heteroatoms. The molecule has 2 saturated heterocycles. The second kappa shape index (κ2) is 3.75. The van der Waals surface area contributed by atoms with Gasteiger partial charge >= 0.3 is 0 Å². The second-order valence-corrected chi connectivity index (χ2v) is 7.64. The zero-order valence-electron chi connectivity index (χ0n) is 11.6. The molecule has 4 bridgehead atoms. The Labute approximate surface area is 115 Å². The van der Waals surface area contributed by atoms with Gasteiger partial charge in [0.25, 0.3) is 0 Å². The monoisotopic (exact) mass is 260 g/mol. The summed E-state index contributed by atoms with van der Waals surface area (Å²) >= 11 is 0. The maximum atomic E-state index is 13.0. The molecule has 0 aromatic carbocycles. The number of nitrogens with one attached hydrogen (secondary N) is 1. The summed E-state index contributed by atoms with van der Waals surface area (Å²) in [4.78, 5) is 15.3. The van der Waals surface area contributed by atoms with Crippen LogP contribution in [0.1, 0.15) is 38.5 Å². The smallest absolute Gasteiger partial charge is 0.226 e. The van der Waals surface area contributed by atoms with Crippen LogP contribution in [0.3, 0.4) is 0 Å². The van der Waals surface area contributed by atoms with Crippen molar-refractivity contribution in [1.82, 2.24) is 10.2 Å². The third-order valence-electron chi connectivity index (χ3n) is 6.93. The minimum Gasteiger partial charge on any atom is -0.335 e. The first-order valence-electron chi connectivity index (χ1n) is 8.37. The molecule has 5 rings (SSSR count). The van der Waals surface area contributed by atoms with Crippen LogP contribution in [0.25, 0.3) is 0 Å². The van der Waals surface area contributed by atoms with E-state index >= 15 is 0 Å². The third-order valence-corrected chi connectivity index (χ3v) is 6.93. The third kappa shape index (κ3) is 1.40. The van der Waals surface area contributed by atoms with Gasteiger partial charge in [0.2, 0.25) is 5.91 Å².